The summed E-state index contributed by atoms with van der Waals surface area (Å²) in [6.07, 6.45) is 5.16. The van der Waals surface area contributed by atoms with Crippen molar-refractivity contribution in [2.24, 2.45) is 0 Å². The van der Waals surface area contributed by atoms with Crippen LogP contribution < -0.4 is 10.3 Å². The van der Waals surface area contributed by atoms with Gasteiger partial charge < -0.3 is 9.15 Å². The lowest BCUT2D eigenvalue weighted by Gasteiger charge is -2.12. The summed E-state index contributed by atoms with van der Waals surface area (Å²) in [4.78, 5) is 17.8. The molecule has 0 N–H and O–H groups in total. The molecule has 0 spiro atoms. The van der Waals surface area contributed by atoms with E-state index in [1.807, 2.05) is 54.6 Å². The molecular weight excluding hydrogens is 328 g/mol. The predicted octanol–water partition coefficient (Wildman–Crippen LogP) is 4.16. The smallest absolute Gasteiger partial charge is 0.266 e. The van der Waals surface area contributed by atoms with E-state index < -0.39 is 0 Å². The van der Waals surface area contributed by atoms with Crippen molar-refractivity contribution in [3.05, 3.63) is 88.9 Å². The Kier molecular flexibility index (Phi) is 4.11. The lowest BCUT2D eigenvalue weighted by atomic mass is 10.2. The van der Waals surface area contributed by atoms with Crippen molar-refractivity contribution in [3.63, 3.8) is 0 Å². The predicted molar refractivity (Wildman–Crippen MR) is 102 cm³/mol. The van der Waals surface area contributed by atoms with E-state index in [1.54, 1.807) is 36.2 Å². The molecule has 26 heavy (non-hydrogen) atoms. The molecule has 0 aliphatic carbocycles. The minimum Gasteiger partial charge on any atom is -0.497 e. The molecule has 2 aromatic heterocycles. The Hall–Kier alpha value is -3.60. The Balaban J connectivity index is 1.94. The standard InChI is InChI=1S/C21H16N2O3/c1-25-16-10-8-15(9-11-16)23-20(13-12-17-5-4-14-26-17)22-19-7-3-2-6-18(19)21(23)24/h2-14H,1H3/b13-12+. The van der Waals surface area contributed by atoms with Crippen LogP contribution in [0.4, 0.5) is 0 Å². The molecule has 2 heterocycles. The van der Waals surface area contributed by atoms with Crippen LogP contribution in [-0.2, 0) is 0 Å². The average molecular weight is 344 g/mol. The first-order valence-electron chi connectivity index (χ1n) is 8.14. The number of hydrogen-bond donors (Lipinski definition) is 0. The number of furan rings is 1. The zero-order valence-electron chi connectivity index (χ0n) is 14.1. The van der Waals surface area contributed by atoms with Crippen LogP contribution >= 0.6 is 0 Å². The van der Waals surface area contributed by atoms with Crippen molar-refractivity contribution < 1.29 is 9.15 Å². The normalized spacial score (nSPS) is 11.3. The van der Waals surface area contributed by atoms with E-state index >= 15 is 0 Å². The van der Waals surface area contributed by atoms with Crippen LogP contribution in [0.5, 0.6) is 5.75 Å². The lowest BCUT2D eigenvalue weighted by Crippen LogP contribution is -2.22. The zero-order chi connectivity index (χ0) is 17.9. The maximum absolute atomic E-state index is 13.1. The summed E-state index contributed by atoms with van der Waals surface area (Å²) < 4.78 is 12.1. The second-order valence-electron chi connectivity index (χ2n) is 5.67. The fourth-order valence-corrected chi connectivity index (χ4v) is 2.79. The van der Waals surface area contributed by atoms with Gasteiger partial charge in [0.25, 0.3) is 5.56 Å². The van der Waals surface area contributed by atoms with Gasteiger partial charge in [-0.15, -0.1) is 0 Å². The second-order valence-corrected chi connectivity index (χ2v) is 5.67. The number of rotatable bonds is 4. The van der Waals surface area contributed by atoms with Gasteiger partial charge in [0.15, 0.2) is 0 Å². The number of fused-ring (bicyclic) bond motifs is 1. The van der Waals surface area contributed by atoms with Gasteiger partial charge in [0, 0.05) is 0 Å². The van der Waals surface area contributed by atoms with Crippen LogP contribution in [0.25, 0.3) is 28.7 Å². The summed E-state index contributed by atoms with van der Waals surface area (Å²) in [5, 5.41) is 0.568. The monoisotopic (exact) mass is 344 g/mol. The summed E-state index contributed by atoms with van der Waals surface area (Å²) >= 11 is 0. The SMILES string of the molecule is COc1ccc(-n2c(/C=C/c3ccco3)nc3ccccc3c2=O)cc1. The Morgan fingerprint density at radius 1 is 1.00 bits per heavy atom. The summed E-state index contributed by atoms with van der Waals surface area (Å²) in [6, 6.07) is 18.3. The highest BCUT2D eigenvalue weighted by molar-refractivity contribution is 5.79. The van der Waals surface area contributed by atoms with Crippen LogP contribution in [0.15, 0.2) is 76.1 Å². The first kappa shape index (κ1) is 15.9. The van der Waals surface area contributed by atoms with Gasteiger partial charge in [0.05, 0.1) is 30.0 Å². The van der Waals surface area contributed by atoms with Gasteiger partial charge in [-0.1, -0.05) is 12.1 Å². The number of nitrogens with zero attached hydrogens (tertiary/aromatic N) is 2. The van der Waals surface area contributed by atoms with Crippen LogP contribution in [0.2, 0.25) is 0 Å². The molecule has 0 fully saturated rings. The maximum Gasteiger partial charge on any atom is 0.266 e. The van der Waals surface area contributed by atoms with Gasteiger partial charge in [0.2, 0.25) is 0 Å². The fourth-order valence-electron chi connectivity index (χ4n) is 2.79. The topological polar surface area (TPSA) is 57.3 Å². The van der Waals surface area contributed by atoms with Gasteiger partial charge >= 0.3 is 0 Å². The summed E-state index contributed by atoms with van der Waals surface area (Å²) in [7, 11) is 1.61. The molecule has 0 aliphatic heterocycles. The molecule has 0 saturated carbocycles. The highest BCUT2D eigenvalue weighted by Gasteiger charge is 2.11. The molecule has 0 bridgehead atoms. The van der Waals surface area contributed by atoms with Crippen LogP contribution in [-0.4, -0.2) is 16.7 Å². The molecular formula is C21H16N2O3. The molecule has 5 nitrogen and oxygen atoms in total. The lowest BCUT2D eigenvalue weighted by molar-refractivity contribution is 0.414. The van der Waals surface area contributed by atoms with Crippen molar-refractivity contribution in [2.45, 2.75) is 0 Å². The first-order chi connectivity index (χ1) is 12.8. The van der Waals surface area contributed by atoms with Crippen molar-refractivity contribution in [1.29, 1.82) is 0 Å². The summed E-state index contributed by atoms with van der Waals surface area (Å²) in [5.41, 5.74) is 1.24. The summed E-state index contributed by atoms with van der Waals surface area (Å²) in [5.74, 6) is 1.94. The molecule has 2 aromatic carbocycles. The number of para-hydroxylation sites is 1. The minimum atomic E-state index is -0.125. The molecule has 0 atom stereocenters. The molecule has 4 rings (SSSR count). The van der Waals surface area contributed by atoms with Gasteiger partial charge in [-0.3, -0.25) is 9.36 Å². The largest absolute Gasteiger partial charge is 0.497 e. The van der Waals surface area contributed by atoms with Crippen molar-refractivity contribution in [1.82, 2.24) is 9.55 Å². The molecule has 0 aliphatic rings. The quantitative estimate of drug-likeness (QED) is 0.558. The van der Waals surface area contributed by atoms with Crippen LogP contribution in [0, 0.1) is 0 Å². The van der Waals surface area contributed by atoms with E-state index in [4.69, 9.17) is 9.15 Å². The Labute approximate surface area is 149 Å². The fraction of sp³-hybridized carbons (Fsp3) is 0.0476. The van der Waals surface area contributed by atoms with Gasteiger partial charge in [-0.25, -0.2) is 4.98 Å². The average Bonchev–Trinajstić information content (AvgIpc) is 3.20. The maximum atomic E-state index is 13.1. The van der Waals surface area contributed by atoms with Crippen molar-refractivity contribution >= 4 is 23.1 Å². The van der Waals surface area contributed by atoms with E-state index in [2.05, 4.69) is 4.98 Å². The molecule has 4 aromatic rings. The van der Waals surface area contributed by atoms with Gasteiger partial charge in [0.1, 0.15) is 17.3 Å². The zero-order valence-corrected chi connectivity index (χ0v) is 14.1. The third-order valence-corrected chi connectivity index (χ3v) is 4.07. The minimum absolute atomic E-state index is 0.125. The highest BCUT2D eigenvalue weighted by Crippen LogP contribution is 2.18. The van der Waals surface area contributed by atoms with E-state index in [-0.39, 0.29) is 5.56 Å². The molecule has 0 unspecified atom stereocenters. The third-order valence-electron chi connectivity index (χ3n) is 4.07. The summed E-state index contributed by atoms with van der Waals surface area (Å²) in [6.45, 7) is 0. The van der Waals surface area contributed by atoms with E-state index in [9.17, 15) is 4.79 Å². The Bertz CT molecular complexity index is 1120. The van der Waals surface area contributed by atoms with Crippen LogP contribution in [0.3, 0.4) is 0 Å². The van der Waals surface area contributed by atoms with Crippen molar-refractivity contribution in [3.8, 4) is 11.4 Å². The Morgan fingerprint density at radius 3 is 2.54 bits per heavy atom. The van der Waals surface area contributed by atoms with E-state index in [1.165, 1.54) is 0 Å². The van der Waals surface area contributed by atoms with Crippen molar-refractivity contribution in [2.75, 3.05) is 7.11 Å². The number of methoxy groups -OCH3 is 1. The third kappa shape index (κ3) is 2.91. The number of benzene rings is 2. The number of aromatic nitrogens is 2. The molecule has 5 heteroatoms. The molecule has 128 valence electrons. The van der Waals surface area contributed by atoms with E-state index in [0.29, 0.717) is 28.2 Å². The Morgan fingerprint density at radius 2 is 1.81 bits per heavy atom. The number of ether oxygens (including phenoxy) is 1. The highest BCUT2D eigenvalue weighted by atomic mass is 16.5. The molecule has 0 amide bonds. The van der Waals surface area contributed by atoms with Crippen LogP contribution in [0.1, 0.15) is 11.6 Å². The first-order valence-corrected chi connectivity index (χ1v) is 8.14. The van der Waals surface area contributed by atoms with Gasteiger partial charge in [-0.2, -0.15) is 0 Å². The van der Waals surface area contributed by atoms with Gasteiger partial charge in [-0.05, 0) is 60.7 Å². The second kappa shape index (κ2) is 6.72. The number of hydrogen-bond acceptors (Lipinski definition) is 4. The molecule has 0 saturated heterocycles. The van der Waals surface area contributed by atoms with E-state index in [0.717, 1.165) is 5.75 Å². The molecule has 0 radical (unpaired) electrons.